The zero-order chi connectivity index (χ0) is 13.3. The van der Waals surface area contributed by atoms with Crippen molar-refractivity contribution in [2.45, 2.75) is 39.2 Å². The van der Waals surface area contributed by atoms with E-state index in [2.05, 4.69) is 77.5 Å². The van der Waals surface area contributed by atoms with Gasteiger partial charge in [0.05, 0.1) is 6.10 Å². The summed E-state index contributed by atoms with van der Waals surface area (Å²) in [6.07, 6.45) is 2.40. The lowest BCUT2D eigenvalue weighted by molar-refractivity contribution is 0.194. The molecule has 0 aliphatic heterocycles. The molecule has 0 aliphatic carbocycles. The largest absolute Gasteiger partial charge is 0.413 e. The Kier molecular flexibility index (Phi) is 3.99. The van der Waals surface area contributed by atoms with Crippen LogP contribution in [0.5, 0.6) is 0 Å². The standard InChI is InChI=1S/C14H20BrNOSi/c1-11(17-18(2,3)4)10-16-8-7-12-9-13(15)5-6-14(12)16/h5-9,11H,10H2,1-4H3. The molecule has 2 rings (SSSR count). The van der Waals surface area contributed by atoms with E-state index in [0.717, 1.165) is 11.0 Å². The Morgan fingerprint density at radius 1 is 1.28 bits per heavy atom. The Bertz CT molecular complexity index is 544. The first-order valence-corrected chi connectivity index (χ1v) is 10.5. The fraction of sp³-hybridized carbons (Fsp3) is 0.429. The van der Waals surface area contributed by atoms with Crippen LogP contribution in [0.2, 0.25) is 19.6 Å². The molecule has 2 aromatic rings. The van der Waals surface area contributed by atoms with Gasteiger partial charge in [0, 0.05) is 28.1 Å². The minimum Gasteiger partial charge on any atom is -0.413 e. The molecule has 18 heavy (non-hydrogen) atoms. The van der Waals surface area contributed by atoms with Gasteiger partial charge in [-0.15, -0.1) is 0 Å². The SMILES string of the molecule is CC(Cn1ccc2cc(Br)ccc21)O[Si](C)(C)C. The quantitative estimate of drug-likeness (QED) is 0.746. The highest BCUT2D eigenvalue weighted by molar-refractivity contribution is 9.10. The molecule has 1 heterocycles. The minimum atomic E-state index is -1.45. The fourth-order valence-electron chi connectivity index (χ4n) is 2.25. The van der Waals surface area contributed by atoms with Gasteiger partial charge in [-0.3, -0.25) is 0 Å². The number of fused-ring (bicyclic) bond motifs is 1. The summed E-state index contributed by atoms with van der Waals surface area (Å²) in [5.74, 6) is 0. The second-order valence-corrected chi connectivity index (χ2v) is 11.1. The highest BCUT2D eigenvalue weighted by Gasteiger charge is 2.18. The molecular weight excluding hydrogens is 306 g/mol. The molecule has 0 radical (unpaired) electrons. The van der Waals surface area contributed by atoms with E-state index >= 15 is 0 Å². The highest BCUT2D eigenvalue weighted by Crippen LogP contribution is 2.21. The maximum Gasteiger partial charge on any atom is 0.184 e. The highest BCUT2D eigenvalue weighted by atomic mass is 79.9. The van der Waals surface area contributed by atoms with E-state index in [1.165, 1.54) is 10.9 Å². The van der Waals surface area contributed by atoms with E-state index in [1.54, 1.807) is 0 Å². The third-order valence-electron chi connectivity index (χ3n) is 2.74. The van der Waals surface area contributed by atoms with Gasteiger partial charge in [0.15, 0.2) is 8.32 Å². The van der Waals surface area contributed by atoms with Crippen LogP contribution in [0, 0.1) is 0 Å². The van der Waals surface area contributed by atoms with Crippen molar-refractivity contribution in [2.24, 2.45) is 0 Å². The summed E-state index contributed by atoms with van der Waals surface area (Å²) in [6.45, 7) is 9.76. The van der Waals surface area contributed by atoms with Crippen molar-refractivity contribution < 1.29 is 4.43 Å². The van der Waals surface area contributed by atoms with Gasteiger partial charge in [-0.1, -0.05) is 15.9 Å². The first-order valence-electron chi connectivity index (χ1n) is 6.27. The third kappa shape index (κ3) is 3.46. The molecule has 2 nitrogen and oxygen atoms in total. The number of halogens is 1. The molecule has 0 aliphatic rings. The van der Waals surface area contributed by atoms with Crippen LogP contribution in [0.4, 0.5) is 0 Å². The van der Waals surface area contributed by atoms with Crippen molar-refractivity contribution in [3.63, 3.8) is 0 Å². The Morgan fingerprint density at radius 3 is 2.67 bits per heavy atom. The van der Waals surface area contributed by atoms with Crippen LogP contribution in [-0.4, -0.2) is 19.0 Å². The second kappa shape index (κ2) is 5.19. The third-order valence-corrected chi connectivity index (χ3v) is 4.34. The lowest BCUT2D eigenvalue weighted by atomic mass is 10.2. The molecule has 0 saturated carbocycles. The van der Waals surface area contributed by atoms with E-state index in [-0.39, 0.29) is 6.10 Å². The van der Waals surface area contributed by atoms with Crippen LogP contribution >= 0.6 is 15.9 Å². The molecule has 0 amide bonds. The molecular formula is C14H20BrNOSi. The average molecular weight is 326 g/mol. The number of hydrogen-bond donors (Lipinski definition) is 0. The van der Waals surface area contributed by atoms with Crippen molar-refractivity contribution in [3.05, 3.63) is 34.9 Å². The predicted octanol–water partition coefficient (Wildman–Crippen LogP) is 4.64. The maximum absolute atomic E-state index is 6.09. The molecule has 0 spiro atoms. The topological polar surface area (TPSA) is 14.2 Å². The summed E-state index contributed by atoms with van der Waals surface area (Å²) in [7, 11) is -1.45. The molecule has 1 unspecified atom stereocenters. The van der Waals surface area contributed by atoms with Gasteiger partial charge in [0.2, 0.25) is 0 Å². The Labute approximate surface area is 118 Å². The summed E-state index contributed by atoms with van der Waals surface area (Å²) >= 11 is 3.50. The van der Waals surface area contributed by atoms with E-state index in [9.17, 15) is 0 Å². The first-order chi connectivity index (χ1) is 8.35. The van der Waals surface area contributed by atoms with Gasteiger partial charge in [-0.05, 0) is 50.8 Å². The predicted molar refractivity (Wildman–Crippen MR) is 83.5 cm³/mol. The lowest BCUT2D eigenvalue weighted by Crippen LogP contribution is -2.32. The minimum absolute atomic E-state index is 0.260. The number of hydrogen-bond acceptors (Lipinski definition) is 1. The summed E-state index contributed by atoms with van der Waals surface area (Å²) in [5, 5.41) is 1.27. The molecule has 1 aromatic heterocycles. The Morgan fingerprint density at radius 2 is 2.00 bits per heavy atom. The maximum atomic E-state index is 6.09. The van der Waals surface area contributed by atoms with Gasteiger partial charge in [0.1, 0.15) is 0 Å². The van der Waals surface area contributed by atoms with Crippen molar-refractivity contribution in [1.29, 1.82) is 0 Å². The van der Waals surface area contributed by atoms with E-state index in [4.69, 9.17) is 4.43 Å². The van der Waals surface area contributed by atoms with Crippen molar-refractivity contribution in [1.82, 2.24) is 4.57 Å². The second-order valence-electron chi connectivity index (χ2n) is 5.71. The lowest BCUT2D eigenvalue weighted by Gasteiger charge is -2.24. The van der Waals surface area contributed by atoms with Crippen LogP contribution in [-0.2, 0) is 11.0 Å². The Balaban J connectivity index is 2.17. The van der Waals surface area contributed by atoms with Gasteiger partial charge in [0.25, 0.3) is 0 Å². The summed E-state index contributed by atoms with van der Waals surface area (Å²) in [4.78, 5) is 0. The number of nitrogens with zero attached hydrogens (tertiary/aromatic N) is 1. The molecule has 1 aromatic carbocycles. The van der Waals surface area contributed by atoms with Gasteiger partial charge < -0.3 is 8.99 Å². The van der Waals surface area contributed by atoms with Crippen LogP contribution in [0.25, 0.3) is 10.9 Å². The van der Waals surface area contributed by atoms with Crippen LogP contribution < -0.4 is 0 Å². The normalized spacial score (nSPS) is 14.1. The van der Waals surface area contributed by atoms with E-state index in [1.807, 2.05) is 0 Å². The zero-order valence-corrected chi connectivity index (χ0v) is 14.0. The molecule has 0 fully saturated rings. The molecule has 4 heteroatoms. The summed E-state index contributed by atoms with van der Waals surface area (Å²) in [5.41, 5.74) is 1.27. The Hall–Kier alpha value is -0.583. The van der Waals surface area contributed by atoms with Crippen molar-refractivity contribution in [2.75, 3.05) is 0 Å². The molecule has 0 saturated heterocycles. The van der Waals surface area contributed by atoms with Gasteiger partial charge in [-0.2, -0.15) is 0 Å². The van der Waals surface area contributed by atoms with Crippen LogP contribution in [0.3, 0.4) is 0 Å². The molecule has 0 bridgehead atoms. The zero-order valence-electron chi connectivity index (χ0n) is 11.4. The molecule has 98 valence electrons. The smallest absolute Gasteiger partial charge is 0.184 e. The van der Waals surface area contributed by atoms with Crippen molar-refractivity contribution >= 4 is 35.2 Å². The van der Waals surface area contributed by atoms with E-state index in [0.29, 0.717) is 0 Å². The number of rotatable bonds is 4. The van der Waals surface area contributed by atoms with E-state index < -0.39 is 8.32 Å². The number of aromatic nitrogens is 1. The van der Waals surface area contributed by atoms with Crippen molar-refractivity contribution in [3.8, 4) is 0 Å². The first kappa shape index (κ1) is 13.8. The fourth-order valence-corrected chi connectivity index (χ4v) is 3.91. The monoisotopic (exact) mass is 325 g/mol. The van der Waals surface area contributed by atoms with Gasteiger partial charge in [-0.25, -0.2) is 0 Å². The van der Waals surface area contributed by atoms with Gasteiger partial charge >= 0.3 is 0 Å². The molecule has 1 atom stereocenters. The number of benzene rings is 1. The summed E-state index contributed by atoms with van der Waals surface area (Å²) in [6, 6.07) is 8.54. The van der Waals surface area contributed by atoms with Crippen LogP contribution in [0.1, 0.15) is 6.92 Å². The van der Waals surface area contributed by atoms with Crippen LogP contribution in [0.15, 0.2) is 34.9 Å². The average Bonchev–Trinajstić information content (AvgIpc) is 2.57. The molecule has 0 N–H and O–H groups in total. The summed E-state index contributed by atoms with van der Waals surface area (Å²) < 4.78 is 9.49.